The maximum absolute atomic E-state index is 5.06. The number of benzene rings is 1. The summed E-state index contributed by atoms with van der Waals surface area (Å²) < 4.78 is 9.37. The molecule has 1 fully saturated rings. The minimum atomic E-state index is 0.487. The zero-order valence-corrected chi connectivity index (χ0v) is 12.3. The lowest BCUT2D eigenvalue weighted by Crippen LogP contribution is -2.46. The van der Waals surface area contributed by atoms with E-state index in [1.807, 2.05) is 0 Å². The molecule has 0 N–H and O–H groups in total. The van der Waals surface area contributed by atoms with E-state index in [2.05, 4.69) is 49.5 Å². The predicted octanol–water partition coefficient (Wildman–Crippen LogP) is 2.01. The maximum atomic E-state index is 5.06. The highest BCUT2D eigenvalue weighted by molar-refractivity contribution is 7.09. The number of hydrogen-bond donors (Lipinski definition) is 0. The van der Waals surface area contributed by atoms with Gasteiger partial charge in [-0.3, -0.25) is 0 Å². The quantitative estimate of drug-likeness (QED) is 0.861. The molecule has 1 aliphatic heterocycles. The van der Waals surface area contributed by atoms with Crippen molar-refractivity contribution < 1.29 is 4.74 Å². The maximum Gasteiger partial charge on any atom is 0.205 e. The molecule has 1 aliphatic rings. The number of methoxy groups -OCH3 is 1. The average molecular weight is 290 g/mol. The van der Waals surface area contributed by atoms with E-state index >= 15 is 0 Å². The first kappa shape index (κ1) is 13.3. The SMILES string of the molecule is COCc1nsc(N2CCN(c3ccccc3)CC2)n1. The molecule has 0 amide bonds. The molecule has 1 saturated heterocycles. The van der Waals surface area contributed by atoms with Crippen LogP contribution in [-0.2, 0) is 11.3 Å². The van der Waals surface area contributed by atoms with E-state index in [1.165, 1.54) is 17.2 Å². The van der Waals surface area contributed by atoms with E-state index in [0.717, 1.165) is 37.1 Å². The van der Waals surface area contributed by atoms with Crippen LogP contribution in [0.15, 0.2) is 30.3 Å². The number of anilines is 2. The largest absolute Gasteiger partial charge is 0.377 e. The highest BCUT2D eigenvalue weighted by atomic mass is 32.1. The van der Waals surface area contributed by atoms with Crippen molar-refractivity contribution >= 4 is 22.4 Å². The van der Waals surface area contributed by atoms with Crippen LogP contribution >= 0.6 is 11.5 Å². The van der Waals surface area contributed by atoms with Gasteiger partial charge < -0.3 is 14.5 Å². The fourth-order valence-electron chi connectivity index (χ4n) is 2.36. The molecule has 2 aromatic rings. The van der Waals surface area contributed by atoms with Crippen LogP contribution in [-0.4, -0.2) is 42.6 Å². The summed E-state index contributed by atoms with van der Waals surface area (Å²) in [5, 5.41) is 1.00. The van der Waals surface area contributed by atoms with Crippen LogP contribution in [0, 0.1) is 0 Å². The molecule has 0 unspecified atom stereocenters. The lowest BCUT2D eigenvalue weighted by Gasteiger charge is -2.35. The topological polar surface area (TPSA) is 41.5 Å². The Labute approximate surface area is 123 Å². The molecule has 0 saturated carbocycles. The van der Waals surface area contributed by atoms with Crippen molar-refractivity contribution in [2.24, 2.45) is 0 Å². The molecular weight excluding hydrogens is 272 g/mol. The summed E-state index contributed by atoms with van der Waals surface area (Å²) in [5.74, 6) is 0.776. The Kier molecular flexibility index (Phi) is 4.13. The Bertz CT molecular complexity index is 537. The highest BCUT2D eigenvalue weighted by Gasteiger charge is 2.20. The molecule has 106 valence electrons. The van der Waals surface area contributed by atoms with E-state index in [-0.39, 0.29) is 0 Å². The Morgan fingerprint density at radius 1 is 1.10 bits per heavy atom. The van der Waals surface area contributed by atoms with Crippen LogP contribution in [0.2, 0.25) is 0 Å². The van der Waals surface area contributed by atoms with Crippen LogP contribution in [0.1, 0.15) is 5.82 Å². The summed E-state index contributed by atoms with van der Waals surface area (Å²) in [7, 11) is 1.67. The standard InChI is InChI=1S/C14H18N4OS/c1-19-11-13-15-14(20-16-13)18-9-7-17(8-10-18)12-5-3-2-4-6-12/h2-6H,7-11H2,1H3. The number of hydrogen-bond acceptors (Lipinski definition) is 6. The third-order valence-electron chi connectivity index (χ3n) is 3.40. The fraction of sp³-hybridized carbons (Fsp3) is 0.429. The van der Waals surface area contributed by atoms with Crippen molar-refractivity contribution in [1.82, 2.24) is 9.36 Å². The molecule has 3 rings (SSSR count). The van der Waals surface area contributed by atoms with Gasteiger partial charge in [0.15, 0.2) is 5.82 Å². The van der Waals surface area contributed by atoms with Crippen molar-refractivity contribution in [3.05, 3.63) is 36.2 Å². The lowest BCUT2D eigenvalue weighted by molar-refractivity contribution is 0.179. The van der Waals surface area contributed by atoms with Gasteiger partial charge in [-0.25, -0.2) is 4.98 Å². The van der Waals surface area contributed by atoms with Gasteiger partial charge in [0.1, 0.15) is 6.61 Å². The molecule has 0 aliphatic carbocycles. The molecule has 5 nitrogen and oxygen atoms in total. The lowest BCUT2D eigenvalue weighted by atomic mass is 10.2. The average Bonchev–Trinajstić information content (AvgIpc) is 2.97. The van der Waals surface area contributed by atoms with Crippen LogP contribution in [0.3, 0.4) is 0 Å². The molecule has 2 heterocycles. The summed E-state index contributed by atoms with van der Waals surface area (Å²) in [6, 6.07) is 10.6. The van der Waals surface area contributed by atoms with Crippen molar-refractivity contribution in [2.75, 3.05) is 43.1 Å². The van der Waals surface area contributed by atoms with Crippen molar-refractivity contribution in [1.29, 1.82) is 0 Å². The number of nitrogens with zero attached hydrogens (tertiary/aromatic N) is 4. The van der Waals surface area contributed by atoms with E-state index in [0.29, 0.717) is 6.61 Å². The first-order valence-corrected chi connectivity index (χ1v) is 7.50. The van der Waals surface area contributed by atoms with Gasteiger partial charge >= 0.3 is 0 Å². The normalized spacial score (nSPS) is 15.7. The molecule has 1 aromatic carbocycles. The zero-order chi connectivity index (χ0) is 13.8. The third kappa shape index (κ3) is 2.91. The summed E-state index contributed by atoms with van der Waals surface area (Å²) >= 11 is 1.46. The zero-order valence-electron chi connectivity index (χ0n) is 11.5. The second-order valence-electron chi connectivity index (χ2n) is 4.74. The Hall–Kier alpha value is -1.66. The molecule has 0 radical (unpaired) electrons. The summed E-state index contributed by atoms with van der Waals surface area (Å²) in [6.07, 6.45) is 0. The van der Waals surface area contributed by atoms with E-state index in [1.54, 1.807) is 7.11 Å². The van der Waals surface area contributed by atoms with Gasteiger partial charge in [0.25, 0.3) is 0 Å². The molecular formula is C14H18N4OS. The van der Waals surface area contributed by atoms with Crippen LogP contribution in [0.25, 0.3) is 0 Å². The number of ether oxygens (including phenoxy) is 1. The van der Waals surface area contributed by atoms with Gasteiger partial charge in [0.2, 0.25) is 5.13 Å². The molecule has 0 atom stereocenters. The van der Waals surface area contributed by atoms with Gasteiger partial charge in [0.05, 0.1) is 0 Å². The van der Waals surface area contributed by atoms with Crippen LogP contribution < -0.4 is 9.80 Å². The second-order valence-corrected chi connectivity index (χ2v) is 5.47. The van der Waals surface area contributed by atoms with Gasteiger partial charge in [-0.05, 0) is 12.1 Å². The molecule has 0 bridgehead atoms. The van der Waals surface area contributed by atoms with Crippen molar-refractivity contribution in [3.8, 4) is 0 Å². The fourth-order valence-corrected chi connectivity index (χ4v) is 3.08. The summed E-state index contributed by atoms with van der Waals surface area (Å²) in [5.41, 5.74) is 1.30. The second kappa shape index (κ2) is 6.19. The first-order valence-electron chi connectivity index (χ1n) is 6.73. The highest BCUT2D eigenvalue weighted by Crippen LogP contribution is 2.21. The molecule has 6 heteroatoms. The predicted molar refractivity (Wildman–Crippen MR) is 81.5 cm³/mol. The molecule has 0 spiro atoms. The molecule has 1 aromatic heterocycles. The third-order valence-corrected chi connectivity index (χ3v) is 4.22. The number of rotatable bonds is 4. The molecule has 20 heavy (non-hydrogen) atoms. The Morgan fingerprint density at radius 3 is 2.50 bits per heavy atom. The van der Waals surface area contributed by atoms with E-state index in [4.69, 9.17) is 4.74 Å². The van der Waals surface area contributed by atoms with Crippen molar-refractivity contribution in [2.45, 2.75) is 6.61 Å². The van der Waals surface area contributed by atoms with Gasteiger partial charge in [-0.2, -0.15) is 4.37 Å². The Morgan fingerprint density at radius 2 is 1.80 bits per heavy atom. The number of para-hydroxylation sites is 1. The van der Waals surface area contributed by atoms with Crippen LogP contribution in [0.4, 0.5) is 10.8 Å². The number of aromatic nitrogens is 2. The van der Waals surface area contributed by atoms with E-state index in [9.17, 15) is 0 Å². The number of piperazine rings is 1. The van der Waals surface area contributed by atoms with Gasteiger partial charge in [0, 0.05) is 50.5 Å². The summed E-state index contributed by atoms with van der Waals surface area (Å²) in [4.78, 5) is 9.22. The minimum absolute atomic E-state index is 0.487. The van der Waals surface area contributed by atoms with Gasteiger partial charge in [-0.1, -0.05) is 18.2 Å². The summed E-state index contributed by atoms with van der Waals surface area (Å²) in [6.45, 7) is 4.49. The van der Waals surface area contributed by atoms with Gasteiger partial charge in [-0.15, -0.1) is 0 Å². The smallest absolute Gasteiger partial charge is 0.205 e. The minimum Gasteiger partial charge on any atom is -0.377 e. The van der Waals surface area contributed by atoms with Crippen LogP contribution in [0.5, 0.6) is 0 Å². The van der Waals surface area contributed by atoms with E-state index < -0.39 is 0 Å². The Balaban J connectivity index is 1.60. The van der Waals surface area contributed by atoms with Crippen molar-refractivity contribution in [3.63, 3.8) is 0 Å². The first-order chi connectivity index (χ1) is 9.86. The monoisotopic (exact) mass is 290 g/mol.